The smallest absolute Gasteiger partial charge is 0.293 e. The molecule has 0 unspecified atom stereocenters. The highest BCUT2D eigenvalue weighted by atomic mass is 16.2. The number of benzene rings is 2. The summed E-state index contributed by atoms with van der Waals surface area (Å²) in [6, 6.07) is 17.4. The minimum atomic E-state index is -0.286. The Morgan fingerprint density at radius 2 is 1.67 bits per heavy atom. The first kappa shape index (κ1) is 30.5. The van der Waals surface area contributed by atoms with E-state index in [1.54, 1.807) is 25.5 Å². The van der Waals surface area contributed by atoms with Gasteiger partial charge in [-0.3, -0.25) is 14.6 Å². The van der Waals surface area contributed by atoms with E-state index in [1.165, 1.54) is 4.57 Å². The summed E-state index contributed by atoms with van der Waals surface area (Å²) in [6.07, 6.45) is 5.63. The minimum Gasteiger partial charge on any atom is -0.372 e. The molecule has 2 aromatic heterocycles. The molecule has 4 rings (SSSR count). The number of aromatic nitrogens is 3. The molecular weight excluding hydrogens is 524 g/mol. The topological polar surface area (TPSA) is 92.2 Å². The standard InChI is InChI=1S/C34H42N6O2/c1-8-19-40(20-9-2)26-16-14-25(15-17-26)36-31-33(42)39(7)22-30(37-31)27-11-10-12-28(23(27)3)38-32(41)29-18-13-24(21-35-29)34(4,5)6/h10-18,21-22H,8-9,19-20H2,1-7H3,(H,36,37)(H,38,41). The zero-order valence-electron chi connectivity index (χ0n) is 25.8. The molecule has 8 heteroatoms. The second kappa shape index (κ2) is 13.0. The number of hydrogen-bond acceptors (Lipinski definition) is 6. The molecule has 0 saturated heterocycles. The third-order valence-corrected chi connectivity index (χ3v) is 7.27. The molecule has 0 atom stereocenters. The first-order valence-corrected chi connectivity index (χ1v) is 14.6. The second-order valence-electron chi connectivity index (χ2n) is 11.7. The highest BCUT2D eigenvalue weighted by Gasteiger charge is 2.17. The van der Waals surface area contributed by atoms with E-state index in [1.807, 2.05) is 43.3 Å². The SMILES string of the molecule is CCCN(CCC)c1ccc(Nc2nc(-c3cccc(NC(=O)c4ccc(C(C)(C)C)cn4)c3C)cn(C)c2=O)cc1. The summed E-state index contributed by atoms with van der Waals surface area (Å²) in [5.41, 5.74) is 6.01. The van der Waals surface area contributed by atoms with Crippen molar-refractivity contribution in [1.29, 1.82) is 0 Å². The van der Waals surface area contributed by atoms with Crippen molar-refractivity contribution in [1.82, 2.24) is 14.5 Å². The minimum absolute atomic E-state index is 0.0443. The van der Waals surface area contributed by atoms with Gasteiger partial charge in [0, 0.05) is 55.2 Å². The Bertz CT molecular complexity index is 1580. The van der Waals surface area contributed by atoms with E-state index in [9.17, 15) is 9.59 Å². The number of anilines is 4. The van der Waals surface area contributed by atoms with E-state index < -0.39 is 0 Å². The molecule has 2 aromatic carbocycles. The van der Waals surface area contributed by atoms with Gasteiger partial charge in [-0.2, -0.15) is 0 Å². The Morgan fingerprint density at radius 1 is 0.976 bits per heavy atom. The zero-order chi connectivity index (χ0) is 30.4. The number of nitrogens with zero attached hydrogens (tertiary/aromatic N) is 4. The maximum Gasteiger partial charge on any atom is 0.293 e. The molecule has 0 bridgehead atoms. The Labute approximate surface area is 248 Å². The second-order valence-corrected chi connectivity index (χ2v) is 11.7. The van der Waals surface area contributed by atoms with Crippen LogP contribution in [0, 0.1) is 6.92 Å². The maximum absolute atomic E-state index is 13.0. The molecule has 0 aliphatic heterocycles. The fourth-order valence-electron chi connectivity index (χ4n) is 4.83. The first-order chi connectivity index (χ1) is 20.0. The van der Waals surface area contributed by atoms with Crippen molar-refractivity contribution in [2.45, 2.75) is 59.8 Å². The van der Waals surface area contributed by atoms with Crippen molar-refractivity contribution in [3.63, 3.8) is 0 Å². The molecule has 42 heavy (non-hydrogen) atoms. The van der Waals surface area contributed by atoms with E-state index >= 15 is 0 Å². The van der Waals surface area contributed by atoms with E-state index in [0.717, 1.165) is 54.0 Å². The van der Waals surface area contributed by atoms with Crippen molar-refractivity contribution in [3.8, 4) is 11.3 Å². The van der Waals surface area contributed by atoms with E-state index in [2.05, 4.69) is 67.3 Å². The predicted molar refractivity (Wildman–Crippen MR) is 173 cm³/mol. The molecule has 220 valence electrons. The fourth-order valence-corrected chi connectivity index (χ4v) is 4.83. The molecule has 0 aliphatic rings. The Balaban J connectivity index is 1.58. The number of pyridine rings is 1. The molecular formula is C34H42N6O2. The lowest BCUT2D eigenvalue weighted by Crippen LogP contribution is -2.24. The van der Waals surface area contributed by atoms with Gasteiger partial charge < -0.3 is 20.1 Å². The molecule has 0 fully saturated rings. The summed E-state index contributed by atoms with van der Waals surface area (Å²) < 4.78 is 1.52. The van der Waals surface area contributed by atoms with Gasteiger partial charge in [-0.15, -0.1) is 0 Å². The summed E-state index contributed by atoms with van der Waals surface area (Å²) in [4.78, 5) is 37.5. The van der Waals surface area contributed by atoms with Crippen LogP contribution in [0.3, 0.4) is 0 Å². The number of carbonyl (C=O) groups is 1. The van der Waals surface area contributed by atoms with E-state index in [-0.39, 0.29) is 22.7 Å². The molecule has 0 aliphatic carbocycles. The van der Waals surface area contributed by atoms with Gasteiger partial charge in [0.1, 0.15) is 5.69 Å². The van der Waals surface area contributed by atoms with Crippen molar-refractivity contribution in [2.24, 2.45) is 7.05 Å². The number of aryl methyl sites for hydroxylation is 1. The van der Waals surface area contributed by atoms with Crippen LogP contribution >= 0.6 is 0 Å². The lowest BCUT2D eigenvalue weighted by atomic mass is 9.88. The van der Waals surface area contributed by atoms with Crippen molar-refractivity contribution in [3.05, 3.63) is 94.2 Å². The molecule has 0 saturated carbocycles. The average molecular weight is 567 g/mol. The predicted octanol–water partition coefficient (Wildman–Crippen LogP) is 7.07. The van der Waals surface area contributed by atoms with Crippen LogP contribution in [0.25, 0.3) is 11.3 Å². The third kappa shape index (κ3) is 7.05. The normalized spacial score (nSPS) is 11.3. The lowest BCUT2D eigenvalue weighted by Gasteiger charge is -2.24. The summed E-state index contributed by atoms with van der Waals surface area (Å²) in [7, 11) is 1.71. The van der Waals surface area contributed by atoms with Crippen LogP contribution in [0.2, 0.25) is 0 Å². The number of carbonyl (C=O) groups excluding carboxylic acids is 1. The highest BCUT2D eigenvalue weighted by Crippen LogP contribution is 2.29. The van der Waals surface area contributed by atoms with Crippen LogP contribution in [0.1, 0.15) is 69.1 Å². The summed E-state index contributed by atoms with van der Waals surface area (Å²) in [5, 5.41) is 6.21. The van der Waals surface area contributed by atoms with Gasteiger partial charge >= 0.3 is 0 Å². The largest absolute Gasteiger partial charge is 0.372 e. The van der Waals surface area contributed by atoms with Gasteiger partial charge in [-0.1, -0.05) is 52.8 Å². The summed E-state index contributed by atoms with van der Waals surface area (Å²) >= 11 is 0. The van der Waals surface area contributed by atoms with Crippen LogP contribution in [0.5, 0.6) is 0 Å². The first-order valence-electron chi connectivity index (χ1n) is 14.6. The van der Waals surface area contributed by atoms with Gasteiger partial charge in [-0.05, 0) is 72.7 Å². The van der Waals surface area contributed by atoms with Crippen LogP contribution in [0.4, 0.5) is 22.9 Å². The van der Waals surface area contributed by atoms with Crippen molar-refractivity contribution < 1.29 is 4.79 Å². The van der Waals surface area contributed by atoms with Crippen molar-refractivity contribution >= 4 is 28.8 Å². The van der Waals surface area contributed by atoms with Gasteiger partial charge in [0.15, 0.2) is 5.82 Å². The van der Waals surface area contributed by atoms with Crippen LogP contribution in [-0.4, -0.2) is 33.5 Å². The molecule has 1 amide bonds. The lowest BCUT2D eigenvalue weighted by molar-refractivity contribution is 0.102. The quantitative estimate of drug-likeness (QED) is 0.213. The number of amides is 1. The van der Waals surface area contributed by atoms with E-state index in [4.69, 9.17) is 4.98 Å². The van der Waals surface area contributed by atoms with Gasteiger partial charge in [0.25, 0.3) is 11.5 Å². The molecule has 4 aromatic rings. The van der Waals surface area contributed by atoms with E-state index in [0.29, 0.717) is 17.1 Å². The average Bonchev–Trinajstić information content (AvgIpc) is 2.96. The monoisotopic (exact) mass is 566 g/mol. The maximum atomic E-state index is 13.0. The van der Waals surface area contributed by atoms with Crippen LogP contribution in [0.15, 0.2) is 71.8 Å². The van der Waals surface area contributed by atoms with Gasteiger partial charge in [0.2, 0.25) is 0 Å². The number of nitrogens with one attached hydrogen (secondary N) is 2. The molecule has 8 nitrogen and oxygen atoms in total. The Morgan fingerprint density at radius 3 is 2.26 bits per heavy atom. The Hall–Kier alpha value is -4.46. The van der Waals surface area contributed by atoms with Gasteiger partial charge in [0.05, 0.1) is 5.69 Å². The summed E-state index contributed by atoms with van der Waals surface area (Å²) in [6.45, 7) is 14.6. The van der Waals surface area contributed by atoms with Crippen LogP contribution < -0.4 is 21.1 Å². The van der Waals surface area contributed by atoms with Gasteiger partial charge in [-0.25, -0.2) is 4.98 Å². The molecule has 2 N–H and O–H groups in total. The fraction of sp³-hybridized carbons (Fsp3) is 0.353. The summed E-state index contributed by atoms with van der Waals surface area (Å²) in [5.74, 6) is -0.0509. The third-order valence-electron chi connectivity index (χ3n) is 7.27. The van der Waals surface area contributed by atoms with Crippen molar-refractivity contribution in [2.75, 3.05) is 28.6 Å². The zero-order valence-corrected chi connectivity index (χ0v) is 25.8. The molecule has 0 spiro atoms. The molecule has 0 radical (unpaired) electrons. The van der Waals surface area contributed by atoms with Crippen LogP contribution in [-0.2, 0) is 12.5 Å². The number of hydrogen-bond donors (Lipinski definition) is 2. The Kier molecular flexibility index (Phi) is 9.45. The number of rotatable bonds is 10. The highest BCUT2D eigenvalue weighted by molar-refractivity contribution is 6.03. The molecule has 2 heterocycles.